The third-order valence-electron chi connectivity index (χ3n) is 1.46. The highest BCUT2D eigenvalue weighted by Crippen LogP contribution is 2.05. The summed E-state index contributed by atoms with van der Waals surface area (Å²) in [5.41, 5.74) is 0. The number of ether oxygens (including phenoxy) is 1. The van der Waals surface area contributed by atoms with Crippen molar-refractivity contribution in [2.24, 2.45) is 0 Å². The molecular weight excluding hydrogens is 206 g/mol. The molecule has 0 fully saturated rings. The van der Waals surface area contributed by atoms with E-state index in [9.17, 15) is 4.79 Å². The number of nitrogens with one attached hydrogen (secondary N) is 1. The van der Waals surface area contributed by atoms with Crippen LogP contribution in [0.5, 0.6) is 0 Å². The Morgan fingerprint density at radius 1 is 1.57 bits per heavy atom. The minimum atomic E-state index is -0.272. The summed E-state index contributed by atoms with van der Waals surface area (Å²) in [6, 6.07) is 0. The number of hydrogen-bond donors (Lipinski definition) is 1. The van der Waals surface area contributed by atoms with Crippen LogP contribution < -0.4 is 5.32 Å². The number of esters is 1. The van der Waals surface area contributed by atoms with E-state index in [1.165, 1.54) is 19.5 Å². The summed E-state index contributed by atoms with van der Waals surface area (Å²) in [6.45, 7) is 0.439. The van der Waals surface area contributed by atoms with Gasteiger partial charge in [-0.1, -0.05) is 11.6 Å². The molecule has 0 aliphatic carbocycles. The highest BCUT2D eigenvalue weighted by Gasteiger charge is 2.00. The van der Waals surface area contributed by atoms with Crippen LogP contribution >= 0.6 is 11.6 Å². The lowest BCUT2D eigenvalue weighted by molar-refractivity contribution is -0.140. The molecule has 1 aromatic rings. The molecule has 0 bridgehead atoms. The fourth-order valence-electron chi connectivity index (χ4n) is 0.782. The molecule has 6 heteroatoms. The maximum atomic E-state index is 10.7. The van der Waals surface area contributed by atoms with E-state index < -0.39 is 0 Å². The monoisotopic (exact) mass is 215 g/mol. The van der Waals surface area contributed by atoms with Gasteiger partial charge in [0.15, 0.2) is 0 Å². The van der Waals surface area contributed by atoms with Gasteiger partial charge in [-0.2, -0.15) is 0 Å². The third-order valence-corrected chi connectivity index (χ3v) is 1.66. The molecule has 76 valence electrons. The van der Waals surface area contributed by atoms with Crippen molar-refractivity contribution in [1.29, 1.82) is 0 Å². The van der Waals surface area contributed by atoms with Gasteiger partial charge in [-0.25, -0.2) is 9.97 Å². The molecule has 0 aliphatic rings. The first-order valence-corrected chi connectivity index (χ1v) is 4.38. The van der Waals surface area contributed by atoms with Crippen molar-refractivity contribution >= 4 is 23.5 Å². The van der Waals surface area contributed by atoms with E-state index in [1.807, 2.05) is 0 Å². The van der Waals surface area contributed by atoms with E-state index in [0.717, 1.165) is 0 Å². The van der Waals surface area contributed by atoms with Crippen molar-refractivity contribution in [3.63, 3.8) is 0 Å². The number of nitrogens with zero attached hydrogens (tertiary/aromatic N) is 2. The normalized spacial score (nSPS) is 9.57. The van der Waals surface area contributed by atoms with Crippen molar-refractivity contribution in [2.75, 3.05) is 19.0 Å². The standard InChI is InChI=1S/C8H10ClN3O2/c1-14-7(13)2-3-10-8-11-4-6(9)5-12-8/h4-5H,2-3H2,1H3,(H,10,11,12). The summed E-state index contributed by atoms with van der Waals surface area (Å²) in [4.78, 5) is 18.5. The van der Waals surface area contributed by atoms with Crippen LogP contribution in [0.3, 0.4) is 0 Å². The maximum absolute atomic E-state index is 10.7. The molecule has 0 saturated carbocycles. The average Bonchev–Trinajstić information content (AvgIpc) is 2.21. The Bertz CT molecular complexity index is 302. The summed E-state index contributed by atoms with van der Waals surface area (Å²) >= 11 is 5.59. The number of methoxy groups -OCH3 is 1. The Kier molecular flexibility index (Phi) is 4.12. The van der Waals surface area contributed by atoms with E-state index in [-0.39, 0.29) is 12.4 Å². The van der Waals surface area contributed by atoms with Crippen LogP contribution in [0.25, 0.3) is 0 Å². The number of rotatable bonds is 4. The maximum Gasteiger partial charge on any atom is 0.307 e. The first-order valence-electron chi connectivity index (χ1n) is 4.00. The molecule has 0 aliphatic heterocycles. The molecule has 1 aromatic heterocycles. The minimum absolute atomic E-state index is 0.272. The Labute approximate surface area is 86.5 Å². The Hall–Kier alpha value is -1.36. The summed E-state index contributed by atoms with van der Waals surface area (Å²) < 4.78 is 4.47. The highest BCUT2D eigenvalue weighted by molar-refractivity contribution is 6.30. The number of halogens is 1. The van der Waals surface area contributed by atoms with Gasteiger partial charge < -0.3 is 10.1 Å². The first kappa shape index (κ1) is 10.7. The van der Waals surface area contributed by atoms with Crippen LogP contribution in [-0.4, -0.2) is 29.6 Å². The van der Waals surface area contributed by atoms with Crippen molar-refractivity contribution in [1.82, 2.24) is 9.97 Å². The SMILES string of the molecule is COC(=O)CCNc1ncc(Cl)cn1. The molecular formula is C8H10ClN3O2. The van der Waals surface area contributed by atoms with E-state index in [4.69, 9.17) is 11.6 Å². The second kappa shape index (κ2) is 5.39. The van der Waals surface area contributed by atoms with Gasteiger partial charge in [0.2, 0.25) is 5.95 Å². The molecule has 0 radical (unpaired) electrons. The van der Waals surface area contributed by atoms with Gasteiger partial charge in [0.25, 0.3) is 0 Å². The lowest BCUT2D eigenvalue weighted by Gasteiger charge is -2.02. The molecule has 14 heavy (non-hydrogen) atoms. The van der Waals surface area contributed by atoms with Crippen molar-refractivity contribution < 1.29 is 9.53 Å². The smallest absolute Gasteiger partial charge is 0.307 e. The minimum Gasteiger partial charge on any atom is -0.469 e. The van der Waals surface area contributed by atoms with E-state index in [2.05, 4.69) is 20.0 Å². The molecule has 1 rings (SSSR count). The number of carbonyl (C=O) groups is 1. The molecule has 0 amide bonds. The topological polar surface area (TPSA) is 64.1 Å². The van der Waals surface area contributed by atoms with Crippen LogP contribution in [0.15, 0.2) is 12.4 Å². The molecule has 5 nitrogen and oxygen atoms in total. The van der Waals surface area contributed by atoms with Crippen LogP contribution in [-0.2, 0) is 9.53 Å². The second-order valence-electron chi connectivity index (χ2n) is 2.48. The Morgan fingerprint density at radius 3 is 2.79 bits per heavy atom. The number of aromatic nitrogens is 2. The molecule has 0 unspecified atom stereocenters. The molecule has 0 spiro atoms. The molecule has 0 aromatic carbocycles. The lowest BCUT2D eigenvalue weighted by Crippen LogP contribution is -2.11. The number of hydrogen-bond acceptors (Lipinski definition) is 5. The van der Waals surface area contributed by atoms with E-state index >= 15 is 0 Å². The van der Waals surface area contributed by atoms with Crippen LogP contribution in [0.2, 0.25) is 5.02 Å². The fourth-order valence-corrected chi connectivity index (χ4v) is 0.880. The van der Waals surface area contributed by atoms with Crippen LogP contribution in [0, 0.1) is 0 Å². The van der Waals surface area contributed by atoms with Gasteiger partial charge in [0.05, 0.1) is 30.9 Å². The largest absolute Gasteiger partial charge is 0.469 e. The first-order chi connectivity index (χ1) is 6.72. The van der Waals surface area contributed by atoms with Gasteiger partial charge in [-0.3, -0.25) is 4.79 Å². The van der Waals surface area contributed by atoms with E-state index in [1.54, 1.807) is 0 Å². The van der Waals surface area contributed by atoms with Gasteiger partial charge in [-0.05, 0) is 0 Å². The third kappa shape index (κ3) is 3.57. The number of carbonyl (C=O) groups excluding carboxylic acids is 1. The summed E-state index contributed by atoms with van der Waals surface area (Å²) in [6.07, 6.45) is 3.24. The zero-order valence-corrected chi connectivity index (χ0v) is 8.41. The van der Waals surface area contributed by atoms with Crippen molar-refractivity contribution in [2.45, 2.75) is 6.42 Å². The number of anilines is 1. The average molecular weight is 216 g/mol. The Balaban J connectivity index is 2.31. The molecule has 0 saturated heterocycles. The molecule has 1 N–H and O–H groups in total. The molecule has 1 heterocycles. The molecule has 0 atom stereocenters. The quantitative estimate of drug-likeness (QED) is 0.763. The van der Waals surface area contributed by atoms with Crippen molar-refractivity contribution in [3.8, 4) is 0 Å². The predicted octanol–water partition coefficient (Wildman–Crippen LogP) is 1.10. The van der Waals surface area contributed by atoms with Crippen LogP contribution in [0.1, 0.15) is 6.42 Å². The van der Waals surface area contributed by atoms with Gasteiger partial charge >= 0.3 is 5.97 Å². The summed E-state index contributed by atoms with van der Waals surface area (Å²) in [5.74, 6) is 0.171. The summed E-state index contributed by atoms with van der Waals surface area (Å²) in [5, 5.41) is 3.33. The zero-order chi connectivity index (χ0) is 10.4. The fraction of sp³-hybridized carbons (Fsp3) is 0.375. The van der Waals surface area contributed by atoms with E-state index in [0.29, 0.717) is 17.5 Å². The van der Waals surface area contributed by atoms with Crippen LogP contribution in [0.4, 0.5) is 5.95 Å². The van der Waals surface area contributed by atoms with Gasteiger partial charge in [-0.15, -0.1) is 0 Å². The van der Waals surface area contributed by atoms with Crippen molar-refractivity contribution in [3.05, 3.63) is 17.4 Å². The van der Waals surface area contributed by atoms with Gasteiger partial charge in [0.1, 0.15) is 0 Å². The Morgan fingerprint density at radius 2 is 2.21 bits per heavy atom. The second-order valence-corrected chi connectivity index (χ2v) is 2.91. The lowest BCUT2D eigenvalue weighted by atomic mass is 10.4. The zero-order valence-electron chi connectivity index (χ0n) is 7.66. The van der Waals surface area contributed by atoms with Gasteiger partial charge in [0, 0.05) is 6.54 Å². The highest BCUT2D eigenvalue weighted by atomic mass is 35.5. The predicted molar refractivity (Wildman–Crippen MR) is 52.2 cm³/mol. The summed E-state index contributed by atoms with van der Waals surface area (Å²) in [7, 11) is 1.35.